The summed E-state index contributed by atoms with van der Waals surface area (Å²) in [5.74, 6) is -2.55. The molecule has 18 heteroatoms. The van der Waals surface area contributed by atoms with Gasteiger partial charge in [0.1, 0.15) is 78.1 Å². The quantitative estimate of drug-likeness (QED) is 0.0846. The van der Waals surface area contributed by atoms with Gasteiger partial charge in [-0.2, -0.15) is 8.42 Å². The van der Waals surface area contributed by atoms with Crippen LogP contribution in [-0.4, -0.2) is 130 Å². The number of aryl methyl sites for hydroxylation is 1. The fourth-order valence-electron chi connectivity index (χ4n) is 7.18. The van der Waals surface area contributed by atoms with Crippen LogP contribution < -0.4 is 9.08 Å². The van der Waals surface area contributed by atoms with E-state index in [1.54, 1.807) is 24.3 Å². The fourth-order valence-corrected chi connectivity index (χ4v) is 8.34. The molecule has 3 aromatic carbocycles. The lowest BCUT2D eigenvalue weighted by molar-refractivity contribution is -0.341. The largest absolute Gasteiger partial charge is 0.394 e. The number of aliphatic hydroxyl groups is 7. The first-order chi connectivity index (χ1) is 26.2. The Balaban J connectivity index is 1.11. The van der Waals surface area contributed by atoms with E-state index in [-0.39, 0.29) is 17.5 Å². The van der Waals surface area contributed by atoms with Gasteiger partial charge in [-0.1, -0.05) is 24.3 Å². The van der Waals surface area contributed by atoms with E-state index < -0.39 is 108 Å². The molecule has 0 spiro atoms. The van der Waals surface area contributed by atoms with Crippen molar-refractivity contribution in [1.82, 2.24) is 0 Å². The van der Waals surface area contributed by atoms with Gasteiger partial charge in [0.15, 0.2) is 6.29 Å². The number of benzene rings is 3. The van der Waals surface area contributed by atoms with E-state index in [1.165, 1.54) is 53.4 Å². The molecule has 0 aromatic heterocycles. The smallest absolute Gasteiger partial charge is 0.311 e. The van der Waals surface area contributed by atoms with Crippen LogP contribution in [0.4, 0.5) is 14.5 Å². The van der Waals surface area contributed by atoms with E-state index in [0.29, 0.717) is 30.5 Å². The van der Waals surface area contributed by atoms with Crippen LogP contribution in [0.15, 0.2) is 72.8 Å². The number of β-lactam (4-membered cyclic amide) rings is 1. The van der Waals surface area contributed by atoms with Crippen LogP contribution in [-0.2, 0) is 35.5 Å². The highest BCUT2D eigenvalue weighted by Crippen LogP contribution is 2.46. The average Bonchev–Trinajstić information content (AvgIpc) is 3.16. The molecular weight excluding hydrogens is 752 g/mol. The molecule has 6 rings (SSSR count). The molecule has 1 amide bonds. The predicted octanol–water partition coefficient (Wildman–Crippen LogP) is 0.0670. The standard InChI is InChI=1S/C37H43F2NO14S/c38-21-8-4-19(5-9-21)2-1-3-25-29(40(36(25)48)23-12-10-22(39)11-13-23)20-6-14-24(15-7-20)54-55(49,50)18-28-31(44)33(46)35(27(17-42)51-28)53-37-34(47)32(45)30(43)26(16-41)52-37/h4-15,25-35,37,41-47H,1-3,16-18H2/t25-,26-,27-,28+,29-,30-,31+,32-,33+,34-,35-,37+/m1/s1. The molecule has 0 bridgehead atoms. The first-order valence-corrected chi connectivity index (χ1v) is 19.2. The minimum atomic E-state index is -4.54. The van der Waals surface area contributed by atoms with Gasteiger partial charge in [0.25, 0.3) is 0 Å². The fraction of sp³-hybridized carbons (Fsp3) is 0.486. The molecule has 0 saturated carbocycles. The van der Waals surface area contributed by atoms with Crippen LogP contribution in [0.1, 0.15) is 30.0 Å². The summed E-state index contributed by atoms with van der Waals surface area (Å²) in [5, 5.41) is 71.6. The average molecular weight is 796 g/mol. The first-order valence-electron chi connectivity index (χ1n) is 17.6. The van der Waals surface area contributed by atoms with E-state index >= 15 is 0 Å². The Morgan fingerprint density at radius 2 is 1.31 bits per heavy atom. The van der Waals surface area contributed by atoms with Crippen molar-refractivity contribution in [3.05, 3.63) is 95.6 Å². The second-order valence-corrected chi connectivity index (χ2v) is 15.4. The molecule has 0 aliphatic carbocycles. The van der Waals surface area contributed by atoms with Crippen LogP contribution in [0.5, 0.6) is 5.75 Å². The third-order valence-corrected chi connectivity index (χ3v) is 11.3. The number of hydrogen-bond donors (Lipinski definition) is 7. The van der Waals surface area contributed by atoms with E-state index in [2.05, 4.69) is 0 Å². The van der Waals surface area contributed by atoms with Gasteiger partial charge < -0.3 is 59.0 Å². The Morgan fingerprint density at radius 3 is 1.93 bits per heavy atom. The minimum absolute atomic E-state index is 0.121. The summed E-state index contributed by atoms with van der Waals surface area (Å²) >= 11 is 0. The van der Waals surface area contributed by atoms with E-state index in [4.69, 9.17) is 18.4 Å². The van der Waals surface area contributed by atoms with Crippen LogP contribution in [0, 0.1) is 17.6 Å². The summed E-state index contributed by atoms with van der Waals surface area (Å²) in [7, 11) is -4.54. The zero-order valence-electron chi connectivity index (χ0n) is 29.2. The maximum atomic E-state index is 13.7. The molecule has 300 valence electrons. The number of carbonyl (C=O) groups excluding carboxylic acids is 1. The first kappa shape index (κ1) is 41.0. The topological polar surface area (TPSA) is 233 Å². The second kappa shape index (κ2) is 17.2. The van der Waals surface area contributed by atoms with Crippen LogP contribution in [0.25, 0.3) is 0 Å². The van der Waals surface area contributed by atoms with E-state index in [1.807, 2.05) is 0 Å². The van der Waals surface area contributed by atoms with E-state index in [9.17, 15) is 57.7 Å². The van der Waals surface area contributed by atoms with Crippen LogP contribution in [0.3, 0.4) is 0 Å². The van der Waals surface area contributed by atoms with Crippen molar-refractivity contribution < 1.29 is 76.1 Å². The van der Waals surface area contributed by atoms with Crippen LogP contribution >= 0.6 is 0 Å². The Kier molecular flexibility index (Phi) is 12.8. The molecule has 7 N–H and O–H groups in total. The number of halogens is 2. The molecule has 15 nitrogen and oxygen atoms in total. The highest BCUT2D eigenvalue weighted by atomic mass is 32.2. The molecule has 0 unspecified atom stereocenters. The van der Waals surface area contributed by atoms with Crippen molar-refractivity contribution >= 4 is 21.7 Å². The van der Waals surface area contributed by atoms with Gasteiger partial charge in [-0.3, -0.25) is 4.79 Å². The summed E-state index contributed by atoms with van der Waals surface area (Å²) in [6, 6.07) is 17.0. The number of rotatable bonds is 14. The molecule has 3 saturated heterocycles. The Hall–Kier alpha value is -3.66. The number of nitrogens with zero attached hydrogens (tertiary/aromatic N) is 1. The summed E-state index contributed by atoms with van der Waals surface area (Å²) in [5.41, 5.74) is 2.03. The SMILES string of the molecule is O=C1[C@H](CCCc2ccc(F)cc2)[C@@H](c2ccc(OS(=O)(=O)C[C@@H]3O[C@H](CO)[C@@H](O[C@@H]4O[C@H](CO)[C@@H](O)[C@@H](O)[C@H]4O)[C@@H](O)[C@H]3O)cc2)N1c1ccc(F)cc1. The van der Waals surface area contributed by atoms with E-state index in [0.717, 1.165) is 5.56 Å². The molecule has 0 radical (unpaired) electrons. The number of carbonyl (C=O) groups is 1. The Bertz CT molecular complexity index is 1850. The summed E-state index contributed by atoms with van der Waals surface area (Å²) < 4.78 is 75.1. The van der Waals surface area contributed by atoms with Crippen LogP contribution in [0.2, 0.25) is 0 Å². The van der Waals surface area contributed by atoms with Crippen molar-refractivity contribution in [2.45, 2.75) is 86.5 Å². The number of amides is 1. The molecule has 55 heavy (non-hydrogen) atoms. The van der Waals surface area contributed by atoms with Gasteiger partial charge >= 0.3 is 10.1 Å². The van der Waals surface area contributed by atoms with Gasteiger partial charge in [0.05, 0.1) is 25.2 Å². The summed E-state index contributed by atoms with van der Waals surface area (Å²) in [6.07, 6.45) is -15.3. The maximum Gasteiger partial charge on any atom is 0.311 e. The second-order valence-electron chi connectivity index (χ2n) is 13.8. The number of ether oxygens (including phenoxy) is 3. The van der Waals surface area contributed by atoms with Crippen molar-refractivity contribution in [2.24, 2.45) is 5.92 Å². The molecular formula is C37H43F2NO14S. The molecule has 3 heterocycles. The zero-order chi connectivity index (χ0) is 39.6. The number of aliphatic hydroxyl groups excluding tert-OH is 7. The van der Waals surface area contributed by atoms with Gasteiger partial charge in [-0.15, -0.1) is 0 Å². The Morgan fingerprint density at radius 1 is 0.709 bits per heavy atom. The van der Waals surface area contributed by atoms with Gasteiger partial charge in [-0.05, 0) is 78.9 Å². The molecule has 3 aliphatic rings. The normalized spacial score (nSPS) is 32.6. The third-order valence-electron chi connectivity index (χ3n) is 10.1. The predicted molar refractivity (Wildman–Crippen MR) is 187 cm³/mol. The summed E-state index contributed by atoms with van der Waals surface area (Å²) in [6.45, 7) is -1.62. The lowest BCUT2D eigenvalue weighted by Crippen LogP contribution is -2.65. The van der Waals surface area contributed by atoms with Gasteiger partial charge in [-0.25, -0.2) is 8.78 Å². The number of anilines is 1. The zero-order valence-corrected chi connectivity index (χ0v) is 30.0. The molecule has 3 aromatic rings. The van der Waals surface area contributed by atoms with Gasteiger partial charge in [0.2, 0.25) is 5.91 Å². The Labute approximate surface area is 315 Å². The highest BCUT2D eigenvalue weighted by molar-refractivity contribution is 7.87. The highest BCUT2D eigenvalue weighted by Gasteiger charge is 2.51. The van der Waals surface area contributed by atoms with Crippen molar-refractivity contribution in [2.75, 3.05) is 23.9 Å². The molecule has 12 atom stereocenters. The maximum absolute atomic E-state index is 13.7. The van der Waals surface area contributed by atoms with Crippen molar-refractivity contribution in [3.63, 3.8) is 0 Å². The van der Waals surface area contributed by atoms with Crippen molar-refractivity contribution in [1.29, 1.82) is 0 Å². The summed E-state index contributed by atoms with van der Waals surface area (Å²) in [4.78, 5) is 14.9. The monoisotopic (exact) mass is 795 g/mol. The van der Waals surface area contributed by atoms with Gasteiger partial charge in [0, 0.05) is 5.69 Å². The third kappa shape index (κ3) is 9.00. The lowest BCUT2D eigenvalue weighted by atomic mass is 9.78. The van der Waals surface area contributed by atoms with Crippen molar-refractivity contribution in [3.8, 4) is 5.75 Å². The minimum Gasteiger partial charge on any atom is -0.394 e. The molecule has 3 fully saturated rings. The lowest BCUT2D eigenvalue weighted by Gasteiger charge is -2.47. The number of hydrogen-bond acceptors (Lipinski definition) is 14. The molecule has 3 aliphatic heterocycles.